The van der Waals surface area contributed by atoms with E-state index in [9.17, 15) is 4.79 Å². The molecule has 1 N–H and O–H groups in total. The Bertz CT molecular complexity index is 1130. The smallest absolute Gasteiger partial charge is 0.322 e. The first-order valence-corrected chi connectivity index (χ1v) is 11.2. The highest BCUT2D eigenvalue weighted by Gasteiger charge is 2.28. The van der Waals surface area contributed by atoms with E-state index in [1.807, 2.05) is 59.5 Å². The molecule has 0 aliphatic carbocycles. The molecule has 1 aromatic heterocycles. The molecule has 0 bridgehead atoms. The van der Waals surface area contributed by atoms with Gasteiger partial charge in [-0.1, -0.05) is 36.4 Å². The van der Waals surface area contributed by atoms with E-state index < -0.39 is 0 Å². The molecule has 3 aromatic rings. The summed E-state index contributed by atoms with van der Waals surface area (Å²) in [7, 11) is 1.61. The Hall–Kier alpha value is -3.65. The molecule has 2 aliphatic heterocycles. The third-order valence-electron chi connectivity index (χ3n) is 5.99. The molecule has 1 fully saturated rings. The number of fused-ring (bicyclic) bond motifs is 1. The first-order chi connectivity index (χ1) is 16.2. The molecule has 0 unspecified atom stereocenters. The Balaban J connectivity index is 1.43. The van der Waals surface area contributed by atoms with Crippen molar-refractivity contribution in [1.82, 2.24) is 14.9 Å². The fourth-order valence-corrected chi connectivity index (χ4v) is 4.23. The number of benzene rings is 2. The van der Waals surface area contributed by atoms with Crippen molar-refractivity contribution >= 4 is 17.5 Å². The number of morpholine rings is 1. The minimum Gasteiger partial charge on any atom is -0.497 e. The normalized spacial score (nSPS) is 15.7. The minimum atomic E-state index is -0.144. The van der Waals surface area contributed by atoms with Crippen LogP contribution in [0.2, 0.25) is 0 Å². The van der Waals surface area contributed by atoms with E-state index in [1.165, 1.54) is 0 Å². The lowest BCUT2D eigenvalue weighted by molar-refractivity contribution is 0.122. The maximum Gasteiger partial charge on any atom is 0.322 e. The number of anilines is 2. The van der Waals surface area contributed by atoms with E-state index in [-0.39, 0.29) is 6.03 Å². The second-order valence-electron chi connectivity index (χ2n) is 8.10. The van der Waals surface area contributed by atoms with Crippen LogP contribution in [0.4, 0.5) is 16.3 Å². The summed E-state index contributed by atoms with van der Waals surface area (Å²) in [4.78, 5) is 27.0. The van der Waals surface area contributed by atoms with Gasteiger partial charge in [0, 0.05) is 48.9 Å². The highest BCUT2D eigenvalue weighted by molar-refractivity contribution is 5.89. The lowest BCUT2D eigenvalue weighted by Crippen LogP contribution is -2.42. The number of hydrogen-bond donors (Lipinski definition) is 1. The maximum atomic E-state index is 13.1. The molecule has 2 amide bonds. The van der Waals surface area contributed by atoms with Gasteiger partial charge in [-0.3, -0.25) is 0 Å². The van der Waals surface area contributed by atoms with E-state index in [4.69, 9.17) is 19.4 Å². The van der Waals surface area contributed by atoms with Crippen LogP contribution in [0, 0.1) is 0 Å². The van der Waals surface area contributed by atoms with Gasteiger partial charge >= 0.3 is 6.03 Å². The minimum absolute atomic E-state index is 0.144. The van der Waals surface area contributed by atoms with Gasteiger partial charge in [0.25, 0.3) is 0 Å². The van der Waals surface area contributed by atoms with E-state index in [1.54, 1.807) is 7.11 Å². The molecule has 2 aromatic carbocycles. The number of amides is 2. The first kappa shape index (κ1) is 21.2. The standard InChI is InChI=1S/C25H27N5O3/c1-32-20-9-5-8-19(16-20)26-25(31)30-11-10-22-21(17-30)24(29-12-14-33-15-13-29)28-23(27-22)18-6-3-2-4-7-18/h2-9,16H,10-15,17H2,1H3,(H,26,31). The summed E-state index contributed by atoms with van der Waals surface area (Å²) in [6.07, 6.45) is 0.681. The number of hydrogen-bond acceptors (Lipinski definition) is 6. The molecule has 170 valence electrons. The van der Waals surface area contributed by atoms with Crippen molar-refractivity contribution < 1.29 is 14.3 Å². The zero-order valence-corrected chi connectivity index (χ0v) is 18.7. The number of ether oxygens (including phenoxy) is 2. The highest BCUT2D eigenvalue weighted by atomic mass is 16.5. The van der Waals surface area contributed by atoms with Gasteiger partial charge in [0.05, 0.1) is 32.6 Å². The monoisotopic (exact) mass is 445 g/mol. The van der Waals surface area contributed by atoms with Gasteiger partial charge in [-0.25, -0.2) is 14.8 Å². The molecule has 1 saturated heterocycles. The molecule has 2 aliphatic rings. The summed E-state index contributed by atoms with van der Waals surface area (Å²) in [6.45, 7) is 3.93. The zero-order chi connectivity index (χ0) is 22.6. The quantitative estimate of drug-likeness (QED) is 0.661. The summed E-state index contributed by atoms with van der Waals surface area (Å²) >= 11 is 0. The van der Waals surface area contributed by atoms with Crippen molar-refractivity contribution in [2.24, 2.45) is 0 Å². The Morgan fingerprint density at radius 1 is 1.03 bits per heavy atom. The number of nitrogens with one attached hydrogen (secondary N) is 1. The zero-order valence-electron chi connectivity index (χ0n) is 18.7. The maximum absolute atomic E-state index is 13.1. The number of urea groups is 1. The third-order valence-corrected chi connectivity index (χ3v) is 5.99. The van der Waals surface area contributed by atoms with E-state index in [2.05, 4.69) is 10.2 Å². The van der Waals surface area contributed by atoms with Crippen LogP contribution in [0.1, 0.15) is 11.3 Å². The first-order valence-electron chi connectivity index (χ1n) is 11.2. The summed E-state index contributed by atoms with van der Waals surface area (Å²) in [5.74, 6) is 2.33. The highest BCUT2D eigenvalue weighted by Crippen LogP contribution is 2.30. The van der Waals surface area contributed by atoms with Crippen LogP contribution in [0.5, 0.6) is 5.75 Å². The molecule has 0 spiro atoms. The van der Waals surface area contributed by atoms with Gasteiger partial charge in [-0.05, 0) is 12.1 Å². The van der Waals surface area contributed by atoms with E-state index in [0.29, 0.717) is 44.2 Å². The van der Waals surface area contributed by atoms with Crippen LogP contribution in [-0.2, 0) is 17.7 Å². The molecule has 5 rings (SSSR count). The van der Waals surface area contributed by atoms with Crippen LogP contribution in [-0.4, -0.2) is 60.9 Å². The van der Waals surface area contributed by atoms with Crippen molar-refractivity contribution in [1.29, 1.82) is 0 Å². The lowest BCUT2D eigenvalue weighted by atomic mass is 10.0. The Labute approximate surface area is 193 Å². The number of methoxy groups -OCH3 is 1. The molecule has 0 radical (unpaired) electrons. The molecule has 33 heavy (non-hydrogen) atoms. The van der Waals surface area contributed by atoms with Crippen molar-refractivity contribution in [2.45, 2.75) is 13.0 Å². The van der Waals surface area contributed by atoms with Crippen molar-refractivity contribution in [2.75, 3.05) is 50.2 Å². The topological polar surface area (TPSA) is 79.8 Å². The summed E-state index contributed by atoms with van der Waals surface area (Å²) in [6, 6.07) is 17.3. The number of aromatic nitrogens is 2. The van der Waals surface area contributed by atoms with E-state index in [0.717, 1.165) is 41.6 Å². The molecule has 8 heteroatoms. The third kappa shape index (κ3) is 4.61. The van der Waals surface area contributed by atoms with Crippen LogP contribution in [0.15, 0.2) is 54.6 Å². The average molecular weight is 446 g/mol. The molecular weight excluding hydrogens is 418 g/mol. The van der Waals surface area contributed by atoms with Gasteiger partial charge < -0.3 is 24.6 Å². The Morgan fingerprint density at radius 2 is 1.85 bits per heavy atom. The predicted molar refractivity (Wildman–Crippen MR) is 127 cm³/mol. The average Bonchev–Trinajstić information content (AvgIpc) is 2.89. The molecule has 8 nitrogen and oxygen atoms in total. The SMILES string of the molecule is COc1cccc(NC(=O)N2CCc3nc(-c4ccccc4)nc(N4CCOCC4)c3C2)c1. The van der Waals surface area contributed by atoms with Crippen LogP contribution >= 0.6 is 0 Å². The van der Waals surface area contributed by atoms with Crippen LogP contribution in [0.3, 0.4) is 0 Å². The largest absolute Gasteiger partial charge is 0.497 e. The Kier molecular flexibility index (Phi) is 6.08. The van der Waals surface area contributed by atoms with Crippen LogP contribution in [0.25, 0.3) is 11.4 Å². The Morgan fingerprint density at radius 3 is 2.64 bits per heavy atom. The molecule has 0 atom stereocenters. The lowest BCUT2D eigenvalue weighted by Gasteiger charge is -2.34. The fourth-order valence-electron chi connectivity index (χ4n) is 4.23. The number of rotatable bonds is 4. The molecule has 0 saturated carbocycles. The number of carbonyl (C=O) groups excluding carboxylic acids is 1. The van der Waals surface area contributed by atoms with Crippen molar-refractivity contribution in [3.8, 4) is 17.1 Å². The second-order valence-corrected chi connectivity index (χ2v) is 8.10. The van der Waals surface area contributed by atoms with Gasteiger partial charge in [0.1, 0.15) is 11.6 Å². The van der Waals surface area contributed by atoms with Crippen LogP contribution < -0.4 is 15.0 Å². The molecule has 3 heterocycles. The van der Waals surface area contributed by atoms with Gasteiger partial charge in [0.15, 0.2) is 5.82 Å². The van der Waals surface area contributed by atoms with Gasteiger partial charge in [-0.15, -0.1) is 0 Å². The van der Waals surface area contributed by atoms with Crippen molar-refractivity contribution in [3.63, 3.8) is 0 Å². The van der Waals surface area contributed by atoms with E-state index >= 15 is 0 Å². The fraction of sp³-hybridized carbons (Fsp3) is 0.320. The summed E-state index contributed by atoms with van der Waals surface area (Å²) in [5, 5.41) is 2.99. The van der Waals surface area contributed by atoms with Crippen molar-refractivity contribution in [3.05, 3.63) is 65.9 Å². The number of nitrogens with zero attached hydrogens (tertiary/aromatic N) is 4. The predicted octanol–water partition coefficient (Wildman–Crippen LogP) is 3.58. The number of carbonyl (C=O) groups is 1. The molecular formula is C25H27N5O3. The van der Waals surface area contributed by atoms with Gasteiger partial charge in [-0.2, -0.15) is 0 Å². The summed E-state index contributed by atoms with van der Waals surface area (Å²) in [5.41, 5.74) is 3.72. The van der Waals surface area contributed by atoms with Gasteiger partial charge in [0.2, 0.25) is 0 Å². The summed E-state index contributed by atoms with van der Waals surface area (Å²) < 4.78 is 10.8. The second kappa shape index (κ2) is 9.46.